The van der Waals surface area contributed by atoms with Crippen molar-refractivity contribution in [1.29, 1.82) is 5.41 Å². The van der Waals surface area contributed by atoms with Gasteiger partial charge in [-0.3, -0.25) is 4.90 Å². The first-order valence-corrected chi connectivity index (χ1v) is 7.26. The lowest BCUT2D eigenvalue weighted by Crippen LogP contribution is -2.47. The molecule has 18 heavy (non-hydrogen) atoms. The number of nitrogens with one attached hydrogen (secondary N) is 1. The van der Waals surface area contributed by atoms with Crippen molar-refractivity contribution in [3.05, 3.63) is 22.8 Å². The van der Waals surface area contributed by atoms with E-state index in [1.165, 1.54) is 30.4 Å². The number of hydrogen-bond acceptors (Lipinski definition) is 2. The number of hydrogen-bond donors (Lipinski definition) is 1. The lowest BCUT2D eigenvalue weighted by atomic mass is 9.67. The van der Waals surface area contributed by atoms with Crippen molar-refractivity contribution in [2.45, 2.75) is 45.6 Å². The van der Waals surface area contributed by atoms with Gasteiger partial charge in [-0.25, -0.2) is 0 Å². The maximum Gasteiger partial charge on any atom is 0.0348 e. The van der Waals surface area contributed by atoms with Gasteiger partial charge < -0.3 is 5.41 Å². The number of fused-ring (bicyclic) bond motifs is 2. The highest BCUT2D eigenvalue weighted by Crippen LogP contribution is 2.44. The van der Waals surface area contributed by atoms with E-state index in [4.69, 9.17) is 5.41 Å². The zero-order chi connectivity index (χ0) is 12.9. The third-order valence-electron chi connectivity index (χ3n) is 4.98. The van der Waals surface area contributed by atoms with Crippen LogP contribution in [0.1, 0.15) is 39.5 Å². The van der Waals surface area contributed by atoms with Crippen LogP contribution < -0.4 is 0 Å². The van der Waals surface area contributed by atoms with Crippen LogP contribution in [0.3, 0.4) is 0 Å². The van der Waals surface area contributed by atoms with Crippen LogP contribution in [0.4, 0.5) is 0 Å². The first-order valence-electron chi connectivity index (χ1n) is 7.26. The molecule has 1 N–H and O–H groups in total. The molecule has 0 aromatic heterocycles. The summed E-state index contributed by atoms with van der Waals surface area (Å²) in [5.74, 6) is 1.18. The van der Waals surface area contributed by atoms with E-state index >= 15 is 0 Å². The predicted molar refractivity (Wildman–Crippen MR) is 76.0 cm³/mol. The maximum atomic E-state index is 8.26. The normalized spacial score (nSPS) is 37.2. The standard InChI is InChI=1S/C16H24N2/c1-10-7-13-12-5-4-6-14(17)16(12)11(2)8-15(13)18(3)9-10/h7,11,13,15,17H,4-6,8-9H2,1-3H3. The average molecular weight is 244 g/mol. The van der Waals surface area contributed by atoms with E-state index in [-0.39, 0.29) is 0 Å². The number of rotatable bonds is 0. The van der Waals surface area contributed by atoms with Gasteiger partial charge in [0.25, 0.3) is 0 Å². The average Bonchev–Trinajstić information content (AvgIpc) is 2.31. The second-order valence-electron chi connectivity index (χ2n) is 6.43. The van der Waals surface area contributed by atoms with Gasteiger partial charge in [-0.15, -0.1) is 0 Å². The summed E-state index contributed by atoms with van der Waals surface area (Å²) in [7, 11) is 2.26. The molecule has 0 saturated carbocycles. The van der Waals surface area contributed by atoms with Gasteiger partial charge in [-0.05, 0) is 51.1 Å². The van der Waals surface area contributed by atoms with Crippen LogP contribution in [0.25, 0.3) is 0 Å². The van der Waals surface area contributed by atoms with Crippen molar-refractivity contribution in [2.24, 2.45) is 11.8 Å². The van der Waals surface area contributed by atoms with E-state index in [9.17, 15) is 0 Å². The van der Waals surface area contributed by atoms with E-state index < -0.39 is 0 Å². The molecule has 1 heterocycles. The van der Waals surface area contributed by atoms with Crippen molar-refractivity contribution < 1.29 is 0 Å². The molecule has 2 nitrogen and oxygen atoms in total. The smallest absolute Gasteiger partial charge is 0.0348 e. The first-order chi connectivity index (χ1) is 8.58. The Labute approximate surface area is 110 Å². The van der Waals surface area contributed by atoms with Gasteiger partial charge >= 0.3 is 0 Å². The second kappa shape index (κ2) is 4.34. The van der Waals surface area contributed by atoms with Crippen molar-refractivity contribution in [3.8, 4) is 0 Å². The lowest BCUT2D eigenvalue weighted by Gasteiger charge is -2.46. The molecule has 0 radical (unpaired) electrons. The largest absolute Gasteiger partial charge is 0.305 e. The molecular weight excluding hydrogens is 220 g/mol. The van der Waals surface area contributed by atoms with Crippen molar-refractivity contribution >= 4 is 5.71 Å². The van der Waals surface area contributed by atoms with Gasteiger partial charge in [0.1, 0.15) is 0 Å². The van der Waals surface area contributed by atoms with Crippen LogP contribution in [0.15, 0.2) is 22.8 Å². The Morgan fingerprint density at radius 1 is 1.33 bits per heavy atom. The molecule has 3 atom stereocenters. The van der Waals surface area contributed by atoms with Crippen LogP contribution >= 0.6 is 0 Å². The summed E-state index contributed by atoms with van der Waals surface area (Å²) < 4.78 is 0. The van der Waals surface area contributed by atoms with Gasteiger partial charge in [-0.1, -0.05) is 24.1 Å². The van der Waals surface area contributed by atoms with Gasteiger partial charge in [0.2, 0.25) is 0 Å². The third kappa shape index (κ3) is 1.78. The zero-order valence-electron chi connectivity index (χ0n) is 11.8. The summed E-state index contributed by atoms with van der Waals surface area (Å²) in [5.41, 5.74) is 5.45. The second-order valence-corrected chi connectivity index (χ2v) is 6.43. The summed E-state index contributed by atoms with van der Waals surface area (Å²) >= 11 is 0. The van der Waals surface area contributed by atoms with E-state index in [1.54, 1.807) is 5.57 Å². The van der Waals surface area contributed by atoms with Gasteiger partial charge in [-0.2, -0.15) is 0 Å². The Morgan fingerprint density at radius 2 is 2.11 bits per heavy atom. The summed E-state index contributed by atoms with van der Waals surface area (Å²) in [6.45, 7) is 5.69. The fourth-order valence-electron chi connectivity index (χ4n) is 4.27. The lowest BCUT2D eigenvalue weighted by molar-refractivity contribution is 0.173. The van der Waals surface area contributed by atoms with Gasteiger partial charge in [0.15, 0.2) is 0 Å². The molecule has 2 heteroatoms. The topological polar surface area (TPSA) is 27.1 Å². The number of allylic oxidation sites excluding steroid dienone is 1. The molecule has 0 spiro atoms. The SMILES string of the molecule is CC1=CC2C3=C(C(=N)CCC3)C(C)CC2N(C)C1. The molecule has 0 aromatic rings. The summed E-state index contributed by atoms with van der Waals surface area (Å²) in [5, 5.41) is 8.26. The van der Waals surface area contributed by atoms with Gasteiger partial charge in [0.05, 0.1) is 0 Å². The van der Waals surface area contributed by atoms with Gasteiger partial charge in [0, 0.05) is 24.2 Å². The van der Waals surface area contributed by atoms with Crippen molar-refractivity contribution in [2.75, 3.05) is 13.6 Å². The minimum atomic E-state index is 0.586. The molecule has 0 fully saturated rings. The molecule has 1 aliphatic heterocycles. The Balaban J connectivity index is 2.07. The zero-order valence-corrected chi connectivity index (χ0v) is 11.8. The summed E-state index contributed by atoms with van der Waals surface area (Å²) in [4.78, 5) is 2.53. The van der Waals surface area contributed by atoms with Crippen LogP contribution in [-0.2, 0) is 0 Å². The molecule has 0 amide bonds. The molecule has 0 aromatic carbocycles. The first kappa shape index (κ1) is 12.2. The van der Waals surface area contributed by atoms with Crippen LogP contribution in [0.2, 0.25) is 0 Å². The Morgan fingerprint density at radius 3 is 2.89 bits per heavy atom. The molecule has 98 valence electrons. The molecule has 3 rings (SSSR count). The molecule has 2 aliphatic carbocycles. The maximum absolute atomic E-state index is 8.26. The quantitative estimate of drug-likeness (QED) is 0.650. The molecule has 0 saturated heterocycles. The highest BCUT2D eigenvalue weighted by atomic mass is 15.1. The Kier molecular flexibility index (Phi) is 2.93. The number of nitrogens with zero attached hydrogens (tertiary/aromatic N) is 1. The minimum absolute atomic E-state index is 0.586. The van der Waals surface area contributed by atoms with Crippen LogP contribution in [-0.4, -0.2) is 30.2 Å². The van der Waals surface area contributed by atoms with Crippen molar-refractivity contribution in [1.82, 2.24) is 4.90 Å². The Bertz CT molecular complexity index is 444. The van der Waals surface area contributed by atoms with E-state index in [0.29, 0.717) is 17.9 Å². The van der Waals surface area contributed by atoms with E-state index in [2.05, 4.69) is 31.9 Å². The molecular formula is C16H24N2. The molecule has 0 bridgehead atoms. The van der Waals surface area contributed by atoms with Crippen molar-refractivity contribution in [3.63, 3.8) is 0 Å². The van der Waals surface area contributed by atoms with E-state index in [0.717, 1.165) is 18.7 Å². The predicted octanol–water partition coefficient (Wildman–Crippen LogP) is 3.40. The Hall–Kier alpha value is -0.890. The summed E-state index contributed by atoms with van der Waals surface area (Å²) in [6.07, 6.45) is 7.13. The minimum Gasteiger partial charge on any atom is -0.305 e. The highest BCUT2D eigenvalue weighted by Gasteiger charge is 2.39. The highest BCUT2D eigenvalue weighted by molar-refractivity contribution is 6.00. The molecule has 3 aliphatic rings. The summed E-state index contributed by atoms with van der Waals surface area (Å²) in [6, 6.07) is 0.674. The number of likely N-dealkylation sites (N-methyl/N-ethyl adjacent to an activating group) is 1. The third-order valence-corrected chi connectivity index (χ3v) is 4.98. The fourth-order valence-corrected chi connectivity index (χ4v) is 4.27. The van der Waals surface area contributed by atoms with Crippen LogP contribution in [0, 0.1) is 17.2 Å². The van der Waals surface area contributed by atoms with E-state index in [1.807, 2.05) is 0 Å². The molecule has 3 unspecified atom stereocenters. The monoisotopic (exact) mass is 244 g/mol. The van der Waals surface area contributed by atoms with Crippen LogP contribution in [0.5, 0.6) is 0 Å². The fraction of sp³-hybridized carbons (Fsp3) is 0.688.